The molecule has 0 spiro atoms. The maximum atomic E-state index is 6.05. The average Bonchev–Trinajstić information content (AvgIpc) is 2.59. The summed E-state index contributed by atoms with van der Waals surface area (Å²) in [6, 6.07) is 0. The van der Waals surface area contributed by atoms with Gasteiger partial charge in [-0.3, -0.25) is 0 Å². The van der Waals surface area contributed by atoms with Gasteiger partial charge in [0.1, 0.15) is 0 Å². The molecule has 1 aliphatic carbocycles. The van der Waals surface area contributed by atoms with Crippen molar-refractivity contribution in [3.63, 3.8) is 0 Å². The van der Waals surface area contributed by atoms with Crippen molar-refractivity contribution in [2.45, 2.75) is 137 Å². The van der Waals surface area contributed by atoms with Gasteiger partial charge < -0.3 is 0 Å². The Morgan fingerprint density at radius 1 is 0.815 bits per heavy atom. The van der Waals surface area contributed by atoms with Crippen molar-refractivity contribution in [3.05, 3.63) is 0 Å². The summed E-state index contributed by atoms with van der Waals surface area (Å²) in [5.41, 5.74) is -0.397. The van der Waals surface area contributed by atoms with E-state index >= 15 is 0 Å². The summed E-state index contributed by atoms with van der Waals surface area (Å²) in [7, 11) is 0. The highest BCUT2D eigenvalue weighted by molar-refractivity contribution is 4.88. The lowest BCUT2D eigenvalue weighted by Crippen LogP contribution is -2.48. The van der Waals surface area contributed by atoms with Crippen LogP contribution in [0.25, 0.3) is 0 Å². The van der Waals surface area contributed by atoms with Crippen LogP contribution in [0.4, 0.5) is 0 Å². The Morgan fingerprint density at radius 2 is 1.26 bits per heavy atom. The first kappa shape index (κ1) is 24.9. The van der Waals surface area contributed by atoms with E-state index < -0.39 is 5.79 Å². The van der Waals surface area contributed by atoms with E-state index in [1.54, 1.807) is 0 Å². The SMILES string of the molecule is CCCCC(C)(C)OOC1(OOC(C)(C)CCCC)CCC(C)(C)C(C)C1. The van der Waals surface area contributed by atoms with Gasteiger partial charge in [0.05, 0.1) is 11.2 Å². The van der Waals surface area contributed by atoms with E-state index in [2.05, 4.69) is 62.3 Å². The molecule has 0 aromatic rings. The second-order valence-electron chi connectivity index (χ2n) is 10.6. The van der Waals surface area contributed by atoms with Crippen LogP contribution in [-0.2, 0) is 19.6 Å². The molecule has 162 valence electrons. The Labute approximate surface area is 168 Å². The fourth-order valence-electron chi connectivity index (χ4n) is 3.43. The minimum Gasteiger partial charge on any atom is -0.228 e. The van der Waals surface area contributed by atoms with Gasteiger partial charge in [-0.25, -0.2) is 9.78 Å². The molecule has 1 rings (SSSR count). The van der Waals surface area contributed by atoms with E-state index in [1.165, 1.54) is 0 Å². The normalized spacial score (nSPS) is 22.8. The third-order valence-electron chi connectivity index (χ3n) is 6.20. The Hall–Kier alpha value is -0.160. The predicted octanol–water partition coefficient (Wildman–Crippen LogP) is 7.36. The second kappa shape index (κ2) is 10.0. The molecule has 4 nitrogen and oxygen atoms in total. The predicted molar refractivity (Wildman–Crippen MR) is 111 cm³/mol. The highest BCUT2D eigenvalue weighted by atomic mass is 17.3. The molecule has 1 saturated carbocycles. The van der Waals surface area contributed by atoms with Crippen molar-refractivity contribution < 1.29 is 19.6 Å². The molecule has 0 saturated heterocycles. The van der Waals surface area contributed by atoms with E-state index in [-0.39, 0.29) is 16.6 Å². The minimum absolute atomic E-state index is 0.270. The van der Waals surface area contributed by atoms with Crippen molar-refractivity contribution in [3.8, 4) is 0 Å². The van der Waals surface area contributed by atoms with Crippen molar-refractivity contribution in [2.75, 3.05) is 0 Å². The molecular weight excluding hydrogens is 340 g/mol. The summed E-state index contributed by atoms with van der Waals surface area (Å²) in [5.74, 6) is -0.377. The first-order valence-corrected chi connectivity index (χ1v) is 11.1. The molecule has 0 N–H and O–H groups in total. The molecule has 0 aliphatic heterocycles. The van der Waals surface area contributed by atoms with Gasteiger partial charge in [-0.1, -0.05) is 60.3 Å². The fourth-order valence-corrected chi connectivity index (χ4v) is 3.43. The van der Waals surface area contributed by atoms with Crippen LogP contribution in [0.2, 0.25) is 0 Å². The van der Waals surface area contributed by atoms with Gasteiger partial charge in [-0.2, -0.15) is 9.78 Å². The summed E-state index contributed by atoms with van der Waals surface area (Å²) in [6.07, 6.45) is 9.02. The maximum absolute atomic E-state index is 6.05. The first-order chi connectivity index (χ1) is 12.4. The summed E-state index contributed by atoms with van der Waals surface area (Å²) in [4.78, 5) is 24.0. The molecule has 1 aliphatic rings. The van der Waals surface area contributed by atoms with Crippen LogP contribution >= 0.6 is 0 Å². The Balaban J connectivity index is 2.81. The zero-order valence-corrected chi connectivity index (χ0v) is 19.6. The molecule has 1 fully saturated rings. The van der Waals surface area contributed by atoms with Crippen LogP contribution in [0, 0.1) is 11.3 Å². The molecule has 0 aromatic heterocycles. The third kappa shape index (κ3) is 8.39. The zero-order valence-electron chi connectivity index (χ0n) is 19.6. The lowest BCUT2D eigenvalue weighted by Gasteiger charge is -2.46. The largest absolute Gasteiger partial charge is 0.234 e. The van der Waals surface area contributed by atoms with Gasteiger partial charge in [0, 0.05) is 12.8 Å². The number of hydrogen-bond donors (Lipinski definition) is 0. The average molecular weight is 387 g/mol. The summed E-state index contributed by atoms with van der Waals surface area (Å²) >= 11 is 0. The van der Waals surface area contributed by atoms with E-state index in [0.29, 0.717) is 5.92 Å². The van der Waals surface area contributed by atoms with Crippen LogP contribution in [0.1, 0.15) is 120 Å². The Kier molecular flexibility index (Phi) is 9.26. The molecule has 1 unspecified atom stereocenters. The van der Waals surface area contributed by atoms with Gasteiger partial charge in [-0.15, -0.1) is 0 Å². The lowest BCUT2D eigenvalue weighted by molar-refractivity contribution is -0.551. The summed E-state index contributed by atoms with van der Waals surface area (Å²) in [5, 5.41) is 0. The van der Waals surface area contributed by atoms with Crippen molar-refractivity contribution in [2.24, 2.45) is 11.3 Å². The maximum Gasteiger partial charge on any atom is 0.234 e. The van der Waals surface area contributed by atoms with Crippen molar-refractivity contribution >= 4 is 0 Å². The van der Waals surface area contributed by atoms with Crippen LogP contribution in [0.5, 0.6) is 0 Å². The lowest BCUT2D eigenvalue weighted by atomic mass is 9.68. The molecular formula is C23H46O4. The minimum atomic E-state index is -0.831. The highest BCUT2D eigenvalue weighted by Gasteiger charge is 2.48. The number of hydrogen-bond acceptors (Lipinski definition) is 4. The second-order valence-corrected chi connectivity index (χ2v) is 10.6. The molecule has 1 atom stereocenters. The standard InChI is InChI=1S/C23H46O4/c1-10-12-14-21(6,7)24-26-23(17-16-20(4,5)19(3)18-23)27-25-22(8,9)15-13-11-2/h19H,10-18H2,1-9H3. The Morgan fingerprint density at radius 3 is 1.63 bits per heavy atom. The van der Waals surface area contributed by atoms with E-state index in [4.69, 9.17) is 19.6 Å². The molecule has 0 radical (unpaired) electrons. The van der Waals surface area contributed by atoms with Crippen LogP contribution in [0.15, 0.2) is 0 Å². The molecule has 0 bridgehead atoms. The van der Waals surface area contributed by atoms with Gasteiger partial charge in [-0.05, 0) is 58.3 Å². The van der Waals surface area contributed by atoms with E-state index in [9.17, 15) is 0 Å². The molecule has 0 heterocycles. The highest BCUT2D eigenvalue weighted by Crippen LogP contribution is 2.47. The van der Waals surface area contributed by atoms with E-state index in [1.807, 2.05) is 0 Å². The molecule has 27 heavy (non-hydrogen) atoms. The van der Waals surface area contributed by atoms with E-state index in [0.717, 1.165) is 57.8 Å². The smallest absolute Gasteiger partial charge is 0.228 e. The number of rotatable bonds is 12. The topological polar surface area (TPSA) is 36.9 Å². The van der Waals surface area contributed by atoms with Gasteiger partial charge in [0.2, 0.25) is 5.79 Å². The van der Waals surface area contributed by atoms with Crippen LogP contribution in [0.3, 0.4) is 0 Å². The molecule has 4 heteroatoms. The van der Waals surface area contributed by atoms with Crippen LogP contribution < -0.4 is 0 Å². The fraction of sp³-hybridized carbons (Fsp3) is 1.00. The summed E-state index contributed by atoms with van der Waals surface area (Å²) in [6.45, 7) is 19.6. The zero-order chi connectivity index (χ0) is 20.8. The number of unbranched alkanes of at least 4 members (excludes halogenated alkanes) is 2. The first-order valence-electron chi connectivity index (χ1n) is 11.1. The molecule has 0 amide bonds. The Bertz CT molecular complexity index is 404. The quantitative estimate of drug-likeness (QED) is 0.199. The monoisotopic (exact) mass is 386 g/mol. The van der Waals surface area contributed by atoms with Crippen molar-refractivity contribution in [1.82, 2.24) is 0 Å². The summed E-state index contributed by atoms with van der Waals surface area (Å²) < 4.78 is 0. The van der Waals surface area contributed by atoms with Crippen LogP contribution in [-0.4, -0.2) is 17.0 Å². The van der Waals surface area contributed by atoms with Crippen molar-refractivity contribution in [1.29, 1.82) is 0 Å². The third-order valence-corrected chi connectivity index (χ3v) is 6.20. The van der Waals surface area contributed by atoms with Gasteiger partial charge >= 0.3 is 0 Å². The van der Waals surface area contributed by atoms with Gasteiger partial charge in [0.25, 0.3) is 0 Å². The van der Waals surface area contributed by atoms with Gasteiger partial charge in [0.15, 0.2) is 0 Å². The molecule has 0 aromatic carbocycles.